The van der Waals surface area contributed by atoms with Gasteiger partial charge in [-0.15, -0.1) is 0 Å². The number of rotatable bonds is 6. The number of piperidine rings is 1. The van der Waals surface area contributed by atoms with Crippen LogP contribution in [0.2, 0.25) is 0 Å². The Labute approximate surface area is 142 Å². The van der Waals surface area contributed by atoms with Crippen molar-refractivity contribution in [2.75, 3.05) is 13.1 Å². The molecule has 1 aliphatic rings. The second kappa shape index (κ2) is 7.69. The molecule has 0 saturated carbocycles. The zero-order valence-electron chi connectivity index (χ0n) is 14.5. The molecule has 2 aromatic rings. The van der Waals surface area contributed by atoms with Crippen LogP contribution in [0.3, 0.4) is 0 Å². The summed E-state index contributed by atoms with van der Waals surface area (Å²) in [6, 6.07) is 7.99. The zero-order valence-corrected chi connectivity index (χ0v) is 14.5. The third kappa shape index (κ3) is 3.55. The van der Waals surface area contributed by atoms with Gasteiger partial charge in [-0.25, -0.2) is 4.79 Å². The van der Waals surface area contributed by atoms with Crippen molar-refractivity contribution in [3.8, 4) is 0 Å². The molecule has 2 heterocycles. The maximum absolute atomic E-state index is 12.3. The molecule has 0 radical (unpaired) electrons. The van der Waals surface area contributed by atoms with Gasteiger partial charge in [0.05, 0.1) is 11.0 Å². The molecular formula is C19H27N3O2. The minimum atomic E-state index is -0.0412. The van der Waals surface area contributed by atoms with Crippen LogP contribution in [0.1, 0.15) is 57.9 Å². The van der Waals surface area contributed by atoms with Crippen molar-refractivity contribution in [2.24, 2.45) is 0 Å². The lowest BCUT2D eigenvalue weighted by Crippen LogP contribution is -2.40. The number of hydrogen-bond acceptors (Lipinski definition) is 2. The summed E-state index contributed by atoms with van der Waals surface area (Å²) in [5.74, 6) is 0.274. The Bertz CT molecular complexity index is 738. The molecular weight excluding hydrogens is 302 g/mol. The van der Waals surface area contributed by atoms with E-state index in [9.17, 15) is 9.59 Å². The van der Waals surface area contributed by atoms with Crippen LogP contribution in [0.15, 0.2) is 29.1 Å². The molecule has 0 aliphatic carbocycles. The minimum Gasteiger partial charge on any atom is -0.343 e. The number of likely N-dealkylation sites (tertiary alicyclic amines) is 1. The number of aromatic nitrogens is 2. The molecule has 0 bridgehead atoms. The van der Waals surface area contributed by atoms with E-state index in [-0.39, 0.29) is 17.6 Å². The summed E-state index contributed by atoms with van der Waals surface area (Å²) in [7, 11) is 0. The van der Waals surface area contributed by atoms with Crippen LogP contribution in [0, 0.1) is 0 Å². The van der Waals surface area contributed by atoms with Gasteiger partial charge in [0.25, 0.3) is 0 Å². The number of H-pyrrole nitrogens is 1. The first-order valence-corrected chi connectivity index (χ1v) is 9.17. The van der Waals surface area contributed by atoms with Crippen molar-refractivity contribution in [1.82, 2.24) is 14.5 Å². The van der Waals surface area contributed by atoms with Crippen LogP contribution in [-0.2, 0) is 4.79 Å². The van der Waals surface area contributed by atoms with Crippen molar-refractivity contribution in [3.05, 3.63) is 34.7 Å². The fourth-order valence-electron chi connectivity index (χ4n) is 3.67. The number of benzene rings is 1. The van der Waals surface area contributed by atoms with E-state index >= 15 is 0 Å². The molecule has 1 fully saturated rings. The summed E-state index contributed by atoms with van der Waals surface area (Å²) in [6.07, 6.45) is 6.90. The van der Waals surface area contributed by atoms with Crippen LogP contribution < -0.4 is 5.69 Å². The van der Waals surface area contributed by atoms with Crippen LogP contribution >= 0.6 is 0 Å². The van der Waals surface area contributed by atoms with Gasteiger partial charge in [-0.2, -0.15) is 0 Å². The first-order chi connectivity index (χ1) is 11.7. The number of imidazole rings is 1. The second-order valence-electron chi connectivity index (χ2n) is 6.74. The number of carbonyl (C=O) groups excluding carboxylic acids is 1. The van der Waals surface area contributed by atoms with Crippen molar-refractivity contribution >= 4 is 16.9 Å². The van der Waals surface area contributed by atoms with E-state index in [1.807, 2.05) is 33.7 Å². The standard InChI is InChI=1S/C19H27N3O2/c1-2-3-4-5-10-18(23)21-13-11-15(12-14-21)22-17-9-7-6-8-16(17)20-19(22)24/h6-9,15H,2-5,10-14H2,1H3,(H,20,24). The summed E-state index contributed by atoms with van der Waals surface area (Å²) in [5.41, 5.74) is 1.81. The van der Waals surface area contributed by atoms with E-state index in [2.05, 4.69) is 11.9 Å². The first kappa shape index (κ1) is 16.8. The topological polar surface area (TPSA) is 58.1 Å². The van der Waals surface area contributed by atoms with Crippen molar-refractivity contribution in [1.29, 1.82) is 0 Å². The van der Waals surface area contributed by atoms with Crippen molar-refractivity contribution in [2.45, 2.75) is 57.9 Å². The quantitative estimate of drug-likeness (QED) is 0.825. The van der Waals surface area contributed by atoms with E-state index in [0.29, 0.717) is 6.42 Å². The summed E-state index contributed by atoms with van der Waals surface area (Å²) in [6.45, 7) is 3.69. The van der Waals surface area contributed by atoms with Gasteiger partial charge in [-0.05, 0) is 31.4 Å². The van der Waals surface area contributed by atoms with Gasteiger partial charge in [0.15, 0.2) is 0 Å². The monoisotopic (exact) mass is 329 g/mol. The van der Waals surface area contributed by atoms with E-state index in [4.69, 9.17) is 0 Å². The Morgan fingerprint density at radius 3 is 2.67 bits per heavy atom. The normalized spacial score (nSPS) is 16.0. The third-order valence-corrected chi connectivity index (χ3v) is 5.05. The summed E-state index contributed by atoms with van der Waals surface area (Å²) in [4.78, 5) is 29.5. The Morgan fingerprint density at radius 1 is 1.17 bits per heavy atom. The molecule has 1 N–H and O–H groups in total. The Kier molecular flexibility index (Phi) is 5.38. The van der Waals surface area contributed by atoms with Gasteiger partial charge in [0.2, 0.25) is 5.91 Å². The molecule has 1 saturated heterocycles. The highest BCUT2D eigenvalue weighted by atomic mass is 16.2. The Balaban J connectivity index is 1.59. The van der Waals surface area contributed by atoms with Crippen LogP contribution in [0.25, 0.3) is 11.0 Å². The predicted octanol–water partition coefficient (Wildman–Crippen LogP) is 3.46. The average molecular weight is 329 g/mol. The molecule has 24 heavy (non-hydrogen) atoms. The fraction of sp³-hybridized carbons (Fsp3) is 0.579. The van der Waals surface area contributed by atoms with Crippen LogP contribution in [0.4, 0.5) is 0 Å². The molecule has 1 amide bonds. The lowest BCUT2D eigenvalue weighted by molar-refractivity contribution is -0.132. The van der Waals surface area contributed by atoms with E-state index < -0.39 is 0 Å². The lowest BCUT2D eigenvalue weighted by Gasteiger charge is -2.32. The predicted molar refractivity (Wildman–Crippen MR) is 96.2 cm³/mol. The smallest absolute Gasteiger partial charge is 0.326 e. The average Bonchev–Trinajstić information content (AvgIpc) is 2.94. The number of amides is 1. The lowest BCUT2D eigenvalue weighted by atomic mass is 10.0. The highest BCUT2D eigenvalue weighted by molar-refractivity contribution is 5.76. The van der Waals surface area contributed by atoms with Gasteiger partial charge in [-0.3, -0.25) is 9.36 Å². The number of aromatic amines is 1. The number of carbonyl (C=O) groups is 1. The number of unbranched alkanes of at least 4 members (excludes halogenated alkanes) is 3. The largest absolute Gasteiger partial charge is 0.343 e. The van der Waals surface area contributed by atoms with E-state index in [1.165, 1.54) is 12.8 Å². The van der Waals surface area contributed by atoms with Gasteiger partial charge < -0.3 is 9.88 Å². The molecule has 1 aromatic carbocycles. The molecule has 1 aliphatic heterocycles. The number of nitrogens with one attached hydrogen (secondary N) is 1. The first-order valence-electron chi connectivity index (χ1n) is 9.17. The highest BCUT2D eigenvalue weighted by Crippen LogP contribution is 2.25. The maximum atomic E-state index is 12.3. The van der Waals surface area contributed by atoms with E-state index in [0.717, 1.165) is 49.8 Å². The number of para-hydroxylation sites is 2. The Hall–Kier alpha value is -2.04. The van der Waals surface area contributed by atoms with Crippen LogP contribution in [0.5, 0.6) is 0 Å². The molecule has 0 unspecified atom stereocenters. The SMILES string of the molecule is CCCCCCC(=O)N1CCC(n2c(=O)[nH]c3ccccc32)CC1. The van der Waals surface area contributed by atoms with Gasteiger partial charge in [0, 0.05) is 25.6 Å². The summed E-state index contributed by atoms with van der Waals surface area (Å²) >= 11 is 0. The second-order valence-corrected chi connectivity index (χ2v) is 6.74. The minimum absolute atomic E-state index is 0.0412. The maximum Gasteiger partial charge on any atom is 0.326 e. The van der Waals surface area contributed by atoms with E-state index in [1.54, 1.807) is 0 Å². The third-order valence-electron chi connectivity index (χ3n) is 5.05. The molecule has 1 aromatic heterocycles. The molecule has 3 rings (SSSR count). The van der Waals surface area contributed by atoms with Crippen molar-refractivity contribution < 1.29 is 4.79 Å². The molecule has 5 heteroatoms. The fourth-order valence-corrected chi connectivity index (χ4v) is 3.67. The molecule has 130 valence electrons. The Morgan fingerprint density at radius 2 is 1.92 bits per heavy atom. The molecule has 5 nitrogen and oxygen atoms in total. The molecule has 0 spiro atoms. The number of nitrogens with zero attached hydrogens (tertiary/aromatic N) is 2. The zero-order chi connectivity index (χ0) is 16.9. The van der Waals surface area contributed by atoms with Crippen molar-refractivity contribution in [3.63, 3.8) is 0 Å². The highest BCUT2D eigenvalue weighted by Gasteiger charge is 2.25. The van der Waals surface area contributed by atoms with Gasteiger partial charge >= 0.3 is 5.69 Å². The number of hydrogen-bond donors (Lipinski definition) is 1. The molecule has 0 atom stereocenters. The van der Waals surface area contributed by atoms with Gasteiger partial charge in [-0.1, -0.05) is 38.3 Å². The summed E-state index contributed by atoms with van der Waals surface area (Å²) in [5, 5.41) is 0. The number of fused-ring (bicyclic) bond motifs is 1. The van der Waals surface area contributed by atoms with Gasteiger partial charge in [0.1, 0.15) is 0 Å². The summed E-state index contributed by atoms with van der Waals surface area (Å²) < 4.78 is 1.87. The van der Waals surface area contributed by atoms with Crippen LogP contribution in [-0.4, -0.2) is 33.4 Å².